The zero-order valence-corrected chi connectivity index (χ0v) is 10.5. The summed E-state index contributed by atoms with van der Waals surface area (Å²) in [5.41, 5.74) is -0.368. The zero-order chi connectivity index (χ0) is 12.9. The maximum atomic E-state index is 12.4. The van der Waals surface area contributed by atoms with Gasteiger partial charge in [0.2, 0.25) is 0 Å². The van der Waals surface area contributed by atoms with Crippen LogP contribution in [0.25, 0.3) is 0 Å². The predicted octanol–water partition coefficient (Wildman–Crippen LogP) is 2.43. The van der Waals surface area contributed by atoms with Gasteiger partial charge in [0.25, 0.3) is 0 Å². The molecule has 1 atom stereocenters. The van der Waals surface area contributed by atoms with E-state index in [0.717, 1.165) is 19.6 Å². The van der Waals surface area contributed by atoms with Gasteiger partial charge in [0.15, 0.2) is 0 Å². The Hall–Kier alpha value is -0.550. The standard InChI is InChI=1S/C12H21F3N2/c1-3-16-8-10(2)9-17-6-4-11(5-7-17)12(13,14)15/h4,10,16H,3,5-9H2,1-2H3. The van der Waals surface area contributed by atoms with Crippen molar-refractivity contribution in [3.63, 3.8) is 0 Å². The van der Waals surface area contributed by atoms with Crippen molar-refractivity contribution in [1.82, 2.24) is 10.2 Å². The van der Waals surface area contributed by atoms with Crippen molar-refractivity contribution in [2.24, 2.45) is 5.92 Å². The molecule has 0 saturated heterocycles. The lowest BCUT2D eigenvalue weighted by molar-refractivity contribution is -0.0960. The van der Waals surface area contributed by atoms with Gasteiger partial charge < -0.3 is 5.32 Å². The molecule has 0 fully saturated rings. The normalized spacial score (nSPS) is 20.2. The number of hydrogen-bond acceptors (Lipinski definition) is 2. The van der Waals surface area contributed by atoms with Gasteiger partial charge in [-0.25, -0.2) is 0 Å². The summed E-state index contributed by atoms with van der Waals surface area (Å²) in [6.45, 7) is 7.81. The number of hydrogen-bond donors (Lipinski definition) is 1. The Bertz CT molecular complexity index is 261. The van der Waals surface area contributed by atoms with Crippen molar-refractivity contribution in [2.75, 3.05) is 32.7 Å². The van der Waals surface area contributed by atoms with E-state index in [1.807, 2.05) is 6.92 Å². The minimum atomic E-state index is -4.14. The molecular weight excluding hydrogens is 229 g/mol. The molecular formula is C12H21F3N2. The van der Waals surface area contributed by atoms with Gasteiger partial charge in [-0.1, -0.05) is 19.9 Å². The molecule has 1 heterocycles. The van der Waals surface area contributed by atoms with E-state index < -0.39 is 6.18 Å². The molecule has 0 spiro atoms. The van der Waals surface area contributed by atoms with E-state index in [0.29, 0.717) is 19.0 Å². The number of halogens is 3. The van der Waals surface area contributed by atoms with Crippen LogP contribution in [-0.4, -0.2) is 43.8 Å². The molecule has 1 aliphatic heterocycles. The molecule has 1 rings (SSSR count). The molecule has 100 valence electrons. The third-order valence-corrected chi connectivity index (χ3v) is 2.97. The van der Waals surface area contributed by atoms with Crippen LogP contribution in [0.4, 0.5) is 13.2 Å². The van der Waals surface area contributed by atoms with E-state index >= 15 is 0 Å². The van der Waals surface area contributed by atoms with Crippen LogP contribution < -0.4 is 5.32 Å². The first-order valence-electron chi connectivity index (χ1n) is 6.12. The number of nitrogens with one attached hydrogen (secondary N) is 1. The smallest absolute Gasteiger partial charge is 0.317 e. The van der Waals surface area contributed by atoms with Crippen molar-refractivity contribution in [3.8, 4) is 0 Å². The lowest BCUT2D eigenvalue weighted by atomic mass is 10.1. The third kappa shape index (κ3) is 5.08. The van der Waals surface area contributed by atoms with Crippen LogP contribution in [0, 0.1) is 5.92 Å². The molecule has 0 aromatic carbocycles. The first-order chi connectivity index (χ1) is 7.93. The number of alkyl halides is 3. The summed E-state index contributed by atoms with van der Waals surface area (Å²) in [6.07, 6.45) is -2.69. The Kier molecular flexibility index (Phi) is 5.46. The summed E-state index contributed by atoms with van der Waals surface area (Å²) in [7, 11) is 0. The molecule has 0 aliphatic carbocycles. The summed E-state index contributed by atoms with van der Waals surface area (Å²) in [5.74, 6) is 0.468. The molecule has 1 aliphatic rings. The van der Waals surface area contributed by atoms with Crippen LogP contribution in [-0.2, 0) is 0 Å². The summed E-state index contributed by atoms with van der Waals surface area (Å²) in [5, 5.41) is 3.25. The fourth-order valence-electron chi connectivity index (χ4n) is 2.03. The lowest BCUT2D eigenvalue weighted by Gasteiger charge is -2.29. The second-order valence-electron chi connectivity index (χ2n) is 4.65. The summed E-state index contributed by atoms with van der Waals surface area (Å²) >= 11 is 0. The van der Waals surface area contributed by atoms with Crippen molar-refractivity contribution >= 4 is 0 Å². The molecule has 0 amide bonds. The van der Waals surface area contributed by atoms with Gasteiger partial charge in [-0.2, -0.15) is 13.2 Å². The first kappa shape index (κ1) is 14.5. The van der Waals surface area contributed by atoms with Gasteiger partial charge in [0, 0.05) is 25.2 Å². The molecule has 0 aromatic rings. The lowest BCUT2D eigenvalue weighted by Crippen LogP contribution is -2.37. The highest BCUT2D eigenvalue weighted by Gasteiger charge is 2.34. The van der Waals surface area contributed by atoms with Gasteiger partial charge in [0.1, 0.15) is 0 Å². The Morgan fingerprint density at radius 2 is 2.18 bits per heavy atom. The van der Waals surface area contributed by atoms with Crippen LogP contribution in [0.2, 0.25) is 0 Å². The van der Waals surface area contributed by atoms with E-state index in [1.54, 1.807) is 0 Å². The van der Waals surface area contributed by atoms with Crippen molar-refractivity contribution in [3.05, 3.63) is 11.6 Å². The van der Waals surface area contributed by atoms with Crippen molar-refractivity contribution < 1.29 is 13.2 Å². The maximum absolute atomic E-state index is 12.4. The van der Waals surface area contributed by atoms with Crippen molar-refractivity contribution in [1.29, 1.82) is 0 Å². The monoisotopic (exact) mass is 250 g/mol. The van der Waals surface area contributed by atoms with Crippen molar-refractivity contribution in [2.45, 2.75) is 26.4 Å². The van der Waals surface area contributed by atoms with Crippen LogP contribution >= 0.6 is 0 Å². The SMILES string of the molecule is CCNCC(C)CN1CC=C(C(F)(F)F)CC1. The summed E-state index contributed by atoms with van der Waals surface area (Å²) in [6, 6.07) is 0. The third-order valence-electron chi connectivity index (χ3n) is 2.97. The van der Waals surface area contributed by atoms with E-state index in [4.69, 9.17) is 0 Å². The molecule has 0 radical (unpaired) electrons. The second kappa shape index (κ2) is 6.40. The average Bonchev–Trinajstić information content (AvgIpc) is 2.26. The van der Waals surface area contributed by atoms with Gasteiger partial charge >= 0.3 is 6.18 Å². The van der Waals surface area contributed by atoms with Crippen LogP contribution in [0.3, 0.4) is 0 Å². The average molecular weight is 250 g/mol. The minimum Gasteiger partial charge on any atom is -0.317 e. The molecule has 0 saturated carbocycles. The first-order valence-corrected chi connectivity index (χ1v) is 6.12. The van der Waals surface area contributed by atoms with Crippen LogP contribution in [0.15, 0.2) is 11.6 Å². The highest BCUT2D eigenvalue weighted by molar-refractivity contribution is 5.13. The highest BCUT2D eigenvalue weighted by atomic mass is 19.4. The maximum Gasteiger partial charge on any atom is 0.412 e. The molecule has 0 aromatic heterocycles. The van der Waals surface area contributed by atoms with Gasteiger partial charge in [-0.3, -0.25) is 4.90 Å². The quantitative estimate of drug-likeness (QED) is 0.754. The van der Waals surface area contributed by atoms with Crippen LogP contribution in [0.5, 0.6) is 0 Å². The fraction of sp³-hybridized carbons (Fsp3) is 0.833. The van der Waals surface area contributed by atoms with Gasteiger partial charge in [0.05, 0.1) is 0 Å². The Morgan fingerprint density at radius 3 is 2.65 bits per heavy atom. The Balaban J connectivity index is 2.34. The molecule has 1 unspecified atom stereocenters. The highest BCUT2D eigenvalue weighted by Crippen LogP contribution is 2.30. The topological polar surface area (TPSA) is 15.3 Å². The van der Waals surface area contributed by atoms with Gasteiger partial charge in [-0.05, 0) is 25.4 Å². The zero-order valence-electron chi connectivity index (χ0n) is 10.5. The number of nitrogens with zero attached hydrogens (tertiary/aromatic N) is 1. The Morgan fingerprint density at radius 1 is 1.47 bits per heavy atom. The number of rotatable bonds is 5. The molecule has 1 N–H and O–H groups in total. The summed E-state index contributed by atoms with van der Waals surface area (Å²) < 4.78 is 37.2. The fourth-order valence-corrected chi connectivity index (χ4v) is 2.03. The summed E-state index contributed by atoms with van der Waals surface area (Å²) in [4.78, 5) is 2.08. The van der Waals surface area contributed by atoms with E-state index in [9.17, 15) is 13.2 Å². The molecule has 0 bridgehead atoms. The molecule has 5 heteroatoms. The Labute approximate surface area is 101 Å². The predicted molar refractivity (Wildman–Crippen MR) is 62.9 cm³/mol. The minimum absolute atomic E-state index is 0.122. The molecule has 2 nitrogen and oxygen atoms in total. The van der Waals surface area contributed by atoms with Gasteiger partial charge in [-0.15, -0.1) is 0 Å². The largest absolute Gasteiger partial charge is 0.412 e. The second-order valence-corrected chi connectivity index (χ2v) is 4.65. The van der Waals surface area contributed by atoms with Crippen LogP contribution in [0.1, 0.15) is 20.3 Å². The van der Waals surface area contributed by atoms with E-state index in [2.05, 4.69) is 17.1 Å². The molecule has 17 heavy (non-hydrogen) atoms. The van der Waals surface area contributed by atoms with E-state index in [-0.39, 0.29) is 12.0 Å². The van der Waals surface area contributed by atoms with E-state index in [1.165, 1.54) is 6.08 Å².